The molecule has 0 saturated heterocycles. The van der Waals surface area contributed by atoms with Gasteiger partial charge in [-0.05, 0) is 51.8 Å². The molecule has 0 aliphatic rings. The van der Waals surface area contributed by atoms with E-state index in [4.69, 9.17) is 8.94 Å². The molecular weight excluding hydrogens is 417 g/mol. The van der Waals surface area contributed by atoms with Crippen molar-refractivity contribution in [3.8, 4) is 11.7 Å². The maximum atomic E-state index is 13.3. The summed E-state index contributed by atoms with van der Waals surface area (Å²) >= 11 is 3.16. The Hall–Kier alpha value is -3.00. The Balaban J connectivity index is 1.50. The second-order valence-corrected chi connectivity index (χ2v) is 6.73. The van der Waals surface area contributed by atoms with Crippen molar-refractivity contribution in [3.63, 3.8) is 0 Å². The molecule has 0 fully saturated rings. The average Bonchev–Trinajstić information content (AvgIpc) is 3.30. The lowest BCUT2D eigenvalue weighted by Crippen LogP contribution is -2.17. The number of hydrogen-bond donors (Lipinski definition) is 0. The van der Waals surface area contributed by atoms with Crippen LogP contribution in [0.2, 0.25) is 0 Å². The lowest BCUT2D eigenvalue weighted by Gasteiger charge is -2.01. The van der Waals surface area contributed by atoms with Gasteiger partial charge in [-0.25, -0.2) is 4.39 Å². The van der Waals surface area contributed by atoms with Gasteiger partial charge in [0.05, 0.1) is 11.0 Å². The van der Waals surface area contributed by atoms with Crippen molar-refractivity contribution < 1.29 is 13.3 Å². The summed E-state index contributed by atoms with van der Waals surface area (Å²) in [4.78, 5) is 16.1. The fraction of sp³-hybridized carbons (Fsp3) is 0.105. The number of halogens is 2. The molecule has 136 valence electrons. The topological polar surface area (TPSA) is 74.1 Å². The molecule has 0 spiro atoms. The van der Waals surface area contributed by atoms with Crippen molar-refractivity contribution in [1.29, 1.82) is 0 Å². The van der Waals surface area contributed by atoms with Crippen LogP contribution < -0.4 is 5.56 Å². The van der Waals surface area contributed by atoms with Crippen molar-refractivity contribution in [3.05, 3.63) is 92.5 Å². The van der Waals surface area contributed by atoms with Gasteiger partial charge < -0.3 is 13.5 Å². The van der Waals surface area contributed by atoms with Crippen LogP contribution in [-0.4, -0.2) is 14.7 Å². The monoisotopic (exact) mass is 429 g/mol. The average molecular weight is 430 g/mol. The molecule has 0 unspecified atom stereocenters. The zero-order chi connectivity index (χ0) is 18.8. The third-order valence-corrected chi connectivity index (χ3v) is 4.52. The molecule has 1 aromatic carbocycles. The summed E-state index contributed by atoms with van der Waals surface area (Å²) < 4.78 is 26.2. The van der Waals surface area contributed by atoms with Crippen molar-refractivity contribution in [2.45, 2.75) is 13.0 Å². The highest BCUT2D eigenvalue weighted by atomic mass is 79.9. The predicted molar refractivity (Wildman–Crippen MR) is 98.7 cm³/mol. The Labute approximate surface area is 161 Å². The van der Waals surface area contributed by atoms with Crippen LogP contribution in [0.3, 0.4) is 0 Å². The maximum absolute atomic E-state index is 13.3. The molecule has 0 amide bonds. The van der Waals surface area contributed by atoms with E-state index >= 15 is 0 Å². The number of pyridine rings is 1. The van der Waals surface area contributed by atoms with Crippen LogP contribution in [0, 0.1) is 5.82 Å². The van der Waals surface area contributed by atoms with Crippen LogP contribution in [0.4, 0.5) is 4.39 Å². The first-order valence-corrected chi connectivity index (χ1v) is 8.89. The Morgan fingerprint density at radius 3 is 2.85 bits per heavy atom. The standard InChI is InChI=1S/C19H13BrFN3O3/c20-14-9-12(4-6-15(14)21)10-17-22-19(27-23-17)16-7-5-13(26-16)11-24-8-2-1-3-18(24)25/h1-9H,10-11H2. The van der Waals surface area contributed by atoms with E-state index in [1.54, 1.807) is 42.6 Å². The van der Waals surface area contributed by atoms with E-state index in [1.807, 2.05) is 0 Å². The first kappa shape index (κ1) is 17.4. The predicted octanol–water partition coefficient (Wildman–Crippen LogP) is 4.03. The Morgan fingerprint density at radius 1 is 1.15 bits per heavy atom. The van der Waals surface area contributed by atoms with Gasteiger partial charge in [-0.15, -0.1) is 0 Å². The van der Waals surface area contributed by atoms with E-state index in [9.17, 15) is 9.18 Å². The lowest BCUT2D eigenvalue weighted by molar-refractivity contribution is 0.404. The highest BCUT2D eigenvalue weighted by Crippen LogP contribution is 2.22. The summed E-state index contributed by atoms with van der Waals surface area (Å²) in [6, 6.07) is 13.2. The van der Waals surface area contributed by atoms with Gasteiger partial charge in [0.15, 0.2) is 11.6 Å². The Morgan fingerprint density at radius 2 is 2.04 bits per heavy atom. The molecular formula is C19H13BrFN3O3. The first-order chi connectivity index (χ1) is 13.1. The molecule has 6 nitrogen and oxygen atoms in total. The minimum atomic E-state index is -0.326. The number of furan rings is 1. The number of rotatable bonds is 5. The van der Waals surface area contributed by atoms with Gasteiger partial charge in [-0.1, -0.05) is 17.3 Å². The highest BCUT2D eigenvalue weighted by Gasteiger charge is 2.14. The summed E-state index contributed by atoms with van der Waals surface area (Å²) in [7, 11) is 0. The third-order valence-electron chi connectivity index (χ3n) is 3.91. The molecule has 8 heteroatoms. The van der Waals surface area contributed by atoms with Gasteiger partial charge in [0.1, 0.15) is 11.6 Å². The first-order valence-electron chi connectivity index (χ1n) is 8.09. The summed E-state index contributed by atoms with van der Waals surface area (Å²) in [6.07, 6.45) is 2.09. The van der Waals surface area contributed by atoms with Crippen LogP contribution in [0.1, 0.15) is 17.1 Å². The second-order valence-electron chi connectivity index (χ2n) is 5.87. The van der Waals surface area contributed by atoms with Crippen LogP contribution in [-0.2, 0) is 13.0 Å². The fourth-order valence-electron chi connectivity index (χ4n) is 2.60. The SMILES string of the molecule is O=c1ccccn1Cc1ccc(-c2nc(Cc3ccc(F)c(Br)c3)no2)o1. The highest BCUT2D eigenvalue weighted by molar-refractivity contribution is 9.10. The molecule has 3 heterocycles. The maximum Gasteiger partial charge on any atom is 0.293 e. The number of hydrogen-bond acceptors (Lipinski definition) is 5. The molecule has 3 aromatic heterocycles. The zero-order valence-electron chi connectivity index (χ0n) is 13.9. The van der Waals surface area contributed by atoms with Crippen molar-refractivity contribution >= 4 is 15.9 Å². The van der Waals surface area contributed by atoms with Gasteiger partial charge in [-0.3, -0.25) is 4.79 Å². The summed E-state index contributed by atoms with van der Waals surface area (Å²) in [6.45, 7) is 0.310. The molecule has 0 aliphatic carbocycles. The van der Waals surface area contributed by atoms with Crippen molar-refractivity contribution in [2.75, 3.05) is 0 Å². The Kier molecular flexibility index (Phi) is 4.72. The van der Waals surface area contributed by atoms with Gasteiger partial charge in [0, 0.05) is 18.7 Å². The minimum absolute atomic E-state index is 0.110. The molecule has 27 heavy (non-hydrogen) atoms. The summed E-state index contributed by atoms with van der Waals surface area (Å²) in [5.74, 6) is 1.40. The lowest BCUT2D eigenvalue weighted by atomic mass is 10.1. The van der Waals surface area contributed by atoms with Crippen LogP contribution >= 0.6 is 15.9 Å². The smallest absolute Gasteiger partial charge is 0.293 e. The van der Waals surface area contributed by atoms with E-state index in [-0.39, 0.29) is 17.3 Å². The second kappa shape index (κ2) is 7.32. The van der Waals surface area contributed by atoms with Crippen molar-refractivity contribution in [2.24, 2.45) is 0 Å². The van der Waals surface area contributed by atoms with E-state index in [1.165, 1.54) is 16.7 Å². The number of benzene rings is 1. The van der Waals surface area contributed by atoms with Gasteiger partial charge in [0.25, 0.3) is 11.4 Å². The normalized spacial score (nSPS) is 11.0. The number of nitrogens with zero attached hydrogens (tertiary/aromatic N) is 3. The third kappa shape index (κ3) is 3.90. The number of aromatic nitrogens is 3. The molecule has 0 radical (unpaired) electrons. The quantitative estimate of drug-likeness (QED) is 0.478. The fourth-order valence-corrected chi connectivity index (χ4v) is 3.02. The largest absolute Gasteiger partial charge is 0.454 e. The van der Waals surface area contributed by atoms with E-state index in [2.05, 4.69) is 26.1 Å². The van der Waals surface area contributed by atoms with Crippen LogP contribution in [0.5, 0.6) is 0 Å². The summed E-state index contributed by atoms with van der Waals surface area (Å²) in [5, 5.41) is 3.94. The molecule has 4 rings (SSSR count). The molecule has 0 aliphatic heterocycles. The molecule has 0 bridgehead atoms. The van der Waals surface area contributed by atoms with Crippen molar-refractivity contribution in [1.82, 2.24) is 14.7 Å². The minimum Gasteiger partial charge on any atom is -0.454 e. The van der Waals surface area contributed by atoms with Crippen LogP contribution in [0.15, 0.2) is 72.9 Å². The Bertz CT molecular complexity index is 1150. The van der Waals surface area contributed by atoms with E-state index in [0.717, 1.165) is 5.56 Å². The molecule has 0 saturated carbocycles. The molecule has 4 aromatic rings. The molecule has 0 atom stereocenters. The van der Waals surface area contributed by atoms with Crippen LogP contribution in [0.25, 0.3) is 11.7 Å². The van der Waals surface area contributed by atoms with Gasteiger partial charge in [0.2, 0.25) is 0 Å². The van der Waals surface area contributed by atoms with Gasteiger partial charge >= 0.3 is 0 Å². The van der Waals surface area contributed by atoms with Gasteiger partial charge in [-0.2, -0.15) is 4.98 Å². The molecule has 0 N–H and O–H groups in total. The van der Waals surface area contributed by atoms with E-state index < -0.39 is 0 Å². The zero-order valence-corrected chi connectivity index (χ0v) is 15.5. The summed E-state index contributed by atoms with van der Waals surface area (Å²) in [5.41, 5.74) is 0.736. The van der Waals surface area contributed by atoms with E-state index in [0.29, 0.717) is 34.8 Å².